The summed E-state index contributed by atoms with van der Waals surface area (Å²) in [6.45, 7) is 3.38. The number of carbonyl (C=O) groups is 1. The van der Waals surface area contributed by atoms with Gasteiger partial charge in [0.15, 0.2) is 0 Å². The first-order chi connectivity index (χ1) is 13.2. The molecule has 0 aromatic heterocycles. The highest BCUT2D eigenvalue weighted by Crippen LogP contribution is 2.39. The fraction of sp³-hybridized carbons (Fsp3) is 0.609. The molecule has 1 saturated carbocycles. The van der Waals surface area contributed by atoms with Gasteiger partial charge in [-0.15, -0.1) is 0 Å². The van der Waals surface area contributed by atoms with Crippen LogP contribution in [0, 0.1) is 5.92 Å². The second-order valence-corrected chi connectivity index (χ2v) is 7.99. The molecule has 1 fully saturated rings. The van der Waals surface area contributed by atoms with E-state index < -0.39 is 6.09 Å². The van der Waals surface area contributed by atoms with Crippen molar-refractivity contribution in [1.29, 1.82) is 0 Å². The molecule has 2 aliphatic carbocycles. The van der Waals surface area contributed by atoms with Crippen molar-refractivity contribution >= 4 is 6.09 Å². The van der Waals surface area contributed by atoms with Crippen LogP contribution < -0.4 is 5.73 Å². The lowest BCUT2D eigenvalue weighted by molar-refractivity contribution is 0.0641. The zero-order chi connectivity index (χ0) is 19.1. The molecule has 1 aromatic carbocycles. The number of allylic oxidation sites excluding steroid dienone is 1. The summed E-state index contributed by atoms with van der Waals surface area (Å²) in [5, 5.41) is 0. The molecule has 27 heavy (non-hydrogen) atoms. The van der Waals surface area contributed by atoms with Gasteiger partial charge >= 0.3 is 6.09 Å². The Morgan fingerprint density at radius 3 is 2.93 bits per heavy atom. The Kier molecular flexibility index (Phi) is 7.33. The molecule has 0 aliphatic heterocycles. The van der Waals surface area contributed by atoms with Gasteiger partial charge in [0.25, 0.3) is 0 Å². The summed E-state index contributed by atoms with van der Waals surface area (Å²) in [6, 6.07) is 7.01. The highest BCUT2D eigenvalue weighted by atomic mass is 16.5. The normalized spacial score (nSPS) is 24.9. The maximum Gasteiger partial charge on any atom is 0.404 e. The van der Waals surface area contributed by atoms with Crippen molar-refractivity contribution in [2.75, 3.05) is 13.2 Å². The number of ether oxygens (including phenoxy) is 2. The van der Waals surface area contributed by atoms with Gasteiger partial charge in [0.1, 0.15) is 0 Å². The van der Waals surface area contributed by atoms with Crippen LogP contribution in [0.4, 0.5) is 4.79 Å². The molecule has 0 bridgehead atoms. The molecule has 0 radical (unpaired) electrons. The SMILES string of the molecule is CCC/C=C/CO[C@H]1CCc2cc(C3CC[C@H](COC(N)=O)C3)ccc2C1. The van der Waals surface area contributed by atoms with E-state index in [1.54, 1.807) is 0 Å². The Bertz CT molecular complexity index is 655. The first-order valence-corrected chi connectivity index (χ1v) is 10.5. The van der Waals surface area contributed by atoms with Gasteiger partial charge in [-0.25, -0.2) is 4.79 Å². The van der Waals surface area contributed by atoms with Crippen molar-refractivity contribution in [3.05, 3.63) is 47.0 Å². The first kappa shape index (κ1) is 19.9. The first-order valence-electron chi connectivity index (χ1n) is 10.5. The Morgan fingerprint density at radius 2 is 2.11 bits per heavy atom. The van der Waals surface area contributed by atoms with E-state index >= 15 is 0 Å². The van der Waals surface area contributed by atoms with Gasteiger partial charge in [-0.1, -0.05) is 43.7 Å². The molecule has 0 saturated heterocycles. The molecule has 3 rings (SSSR count). The average molecular weight is 372 g/mol. The zero-order valence-corrected chi connectivity index (χ0v) is 16.5. The van der Waals surface area contributed by atoms with E-state index in [0.29, 0.717) is 24.5 Å². The van der Waals surface area contributed by atoms with Crippen LogP contribution in [-0.2, 0) is 22.3 Å². The number of amides is 1. The van der Waals surface area contributed by atoms with Gasteiger partial charge in [-0.2, -0.15) is 0 Å². The number of fused-ring (bicyclic) bond motifs is 1. The van der Waals surface area contributed by atoms with Crippen LogP contribution in [0.1, 0.15) is 68.1 Å². The van der Waals surface area contributed by atoms with E-state index in [1.807, 2.05) is 0 Å². The van der Waals surface area contributed by atoms with Crippen molar-refractivity contribution in [2.45, 2.75) is 70.3 Å². The van der Waals surface area contributed by atoms with E-state index in [4.69, 9.17) is 15.2 Å². The third kappa shape index (κ3) is 5.83. The zero-order valence-electron chi connectivity index (χ0n) is 16.5. The van der Waals surface area contributed by atoms with Crippen LogP contribution in [0.5, 0.6) is 0 Å². The standard InChI is InChI=1S/C23H33NO3/c1-2-3-4-5-12-26-22-11-10-20-14-19(8-9-21(20)15-22)18-7-6-17(13-18)16-27-23(24)25/h4-5,8-9,14,17-18,22H,2-3,6-7,10-13,15-16H2,1H3,(H2,24,25)/b5-4+/t17-,18?,22-/m0/s1. The number of hydrogen-bond acceptors (Lipinski definition) is 3. The molecule has 1 aromatic rings. The third-order valence-corrected chi connectivity index (χ3v) is 5.94. The number of aryl methyl sites for hydroxylation is 1. The van der Waals surface area contributed by atoms with E-state index in [9.17, 15) is 4.79 Å². The molecule has 2 aliphatic rings. The Hall–Kier alpha value is -1.81. The van der Waals surface area contributed by atoms with Crippen LogP contribution in [0.25, 0.3) is 0 Å². The molecule has 2 N–H and O–H groups in total. The van der Waals surface area contributed by atoms with Crippen molar-refractivity contribution in [3.63, 3.8) is 0 Å². The lowest BCUT2D eigenvalue weighted by atomic mass is 9.85. The summed E-state index contributed by atoms with van der Waals surface area (Å²) >= 11 is 0. The number of nitrogens with two attached hydrogens (primary N) is 1. The predicted molar refractivity (Wildman–Crippen MR) is 108 cm³/mol. The highest BCUT2D eigenvalue weighted by Gasteiger charge is 2.28. The van der Waals surface area contributed by atoms with Crippen molar-refractivity contribution in [3.8, 4) is 0 Å². The van der Waals surface area contributed by atoms with Crippen LogP contribution in [-0.4, -0.2) is 25.4 Å². The van der Waals surface area contributed by atoms with Crippen LogP contribution in [0.2, 0.25) is 0 Å². The number of benzene rings is 1. The lowest BCUT2D eigenvalue weighted by Crippen LogP contribution is -2.23. The highest BCUT2D eigenvalue weighted by molar-refractivity contribution is 5.64. The minimum atomic E-state index is -0.662. The molecular formula is C23H33NO3. The molecule has 4 nitrogen and oxygen atoms in total. The van der Waals surface area contributed by atoms with Gasteiger partial charge in [0.05, 0.1) is 19.3 Å². The van der Waals surface area contributed by atoms with Crippen LogP contribution >= 0.6 is 0 Å². The Labute approximate surface area is 163 Å². The molecule has 1 amide bonds. The number of carbonyl (C=O) groups excluding carboxylic acids is 1. The molecule has 0 spiro atoms. The molecule has 0 heterocycles. The van der Waals surface area contributed by atoms with E-state index in [0.717, 1.165) is 45.1 Å². The second kappa shape index (κ2) is 9.93. The maximum absolute atomic E-state index is 10.8. The third-order valence-electron chi connectivity index (χ3n) is 5.94. The Balaban J connectivity index is 1.51. The summed E-state index contributed by atoms with van der Waals surface area (Å²) in [4.78, 5) is 10.8. The fourth-order valence-corrected chi connectivity index (χ4v) is 4.41. The number of rotatable bonds is 8. The van der Waals surface area contributed by atoms with Crippen LogP contribution in [0.3, 0.4) is 0 Å². The number of unbranched alkanes of at least 4 members (excludes halogenated alkanes) is 1. The van der Waals surface area contributed by atoms with E-state index in [1.165, 1.54) is 29.5 Å². The second-order valence-electron chi connectivity index (χ2n) is 7.99. The molecule has 1 unspecified atom stereocenters. The lowest BCUT2D eigenvalue weighted by Gasteiger charge is -2.25. The molecule has 3 atom stereocenters. The molecular weight excluding hydrogens is 338 g/mol. The van der Waals surface area contributed by atoms with Gasteiger partial charge in [-0.05, 0) is 73.5 Å². The number of primary amides is 1. The van der Waals surface area contributed by atoms with Crippen molar-refractivity contribution in [2.24, 2.45) is 11.7 Å². The Morgan fingerprint density at radius 1 is 1.22 bits per heavy atom. The van der Waals surface area contributed by atoms with Gasteiger partial charge in [0.2, 0.25) is 0 Å². The van der Waals surface area contributed by atoms with Gasteiger partial charge in [0, 0.05) is 0 Å². The molecule has 148 valence electrons. The fourth-order valence-electron chi connectivity index (χ4n) is 4.41. The van der Waals surface area contributed by atoms with Crippen molar-refractivity contribution < 1.29 is 14.3 Å². The van der Waals surface area contributed by atoms with Gasteiger partial charge in [-0.3, -0.25) is 0 Å². The monoisotopic (exact) mass is 371 g/mol. The van der Waals surface area contributed by atoms with Crippen LogP contribution in [0.15, 0.2) is 30.4 Å². The predicted octanol–water partition coefficient (Wildman–Crippen LogP) is 4.90. The summed E-state index contributed by atoms with van der Waals surface area (Å²) in [5.41, 5.74) is 9.46. The summed E-state index contributed by atoms with van der Waals surface area (Å²) in [6.07, 6.45) is 13.0. The van der Waals surface area contributed by atoms with E-state index in [2.05, 4.69) is 37.3 Å². The largest absolute Gasteiger partial charge is 0.449 e. The smallest absolute Gasteiger partial charge is 0.404 e. The topological polar surface area (TPSA) is 61.6 Å². The summed E-state index contributed by atoms with van der Waals surface area (Å²) < 4.78 is 11.0. The average Bonchev–Trinajstić information content (AvgIpc) is 3.15. The quantitative estimate of drug-likeness (QED) is 0.661. The maximum atomic E-state index is 10.8. The number of hydrogen-bond donors (Lipinski definition) is 1. The summed E-state index contributed by atoms with van der Waals surface area (Å²) in [5.74, 6) is 1.02. The van der Waals surface area contributed by atoms with Crippen molar-refractivity contribution in [1.82, 2.24) is 0 Å². The van der Waals surface area contributed by atoms with E-state index in [-0.39, 0.29) is 0 Å². The molecule has 4 heteroatoms. The minimum Gasteiger partial charge on any atom is -0.449 e. The minimum absolute atomic E-state index is 0.344. The van der Waals surface area contributed by atoms with Gasteiger partial charge < -0.3 is 15.2 Å². The summed E-state index contributed by atoms with van der Waals surface area (Å²) in [7, 11) is 0.